The highest BCUT2D eigenvalue weighted by Gasteiger charge is 2.38. The fourth-order valence-corrected chi connectivity index (χ4v) is 5.32. The Bertz CT molecular complexity index is 1790. The van der Waals surface area contributed by atoms with Gasteiger partial charge in [0.15, 0.2) is 33.5 Å². The number of hydrogen-bond donors (Lipinski definition) is 4. The SMILES string of the molecule is CCOc1cc2c(cc1C(=O)N1CCN(C(=O)OC(C)(C)C)CC1)n(CC)c(CNC(=O)c1nc(Cl)c(N)nc1N)[n+]2CC.O=C(O)C(F)(F)F. The Hall–Kier alpha value is -5.07. The number of aromatic nitrogens is 4. The standard InChI is InChI=1S/C29H40ClN9O5.C2HF3O2/c1-7-38-18-14-17(27(41)36-10-12-37(13-11-36)28(42)44-29(4,5)6)20(43-9-3)15-19(18)39(8-2)21(38)16-33-26(40)22-24(31)35-25(32)23(30)34-22;3-2(4,5)1(6)7/h14-15H,7-13,16H2,1-6H3,(H4-,31,32,33,35,40);(H,6,7)/p+1. The van der Waals surface area contributed by atoms with Crippen molar-refractivity contribution >= 4 is 58.1 Å². The van der Waals surface area contributed by atoms with E-state index in [0.717, 1.165) is 16.9 Å². The number of ether oxygens (including phenoxy) is 2. The minimum Gasteiger partial charge on any atom is -0.493 e. The van der Waals surface area contributed by atoms with Crippen LogP contribution in [0.3, 0.4) is 0 Å². The van der Waals surface area contributed by atoms with E-state index < -0.39 is 23.7 Å². The number of nitrogens with zero attached hydrogens (tertiary/aromatic N) is 6. The molecular formula is C31H42ClF3N9O7+. The molecule has 1 aromatic carbocycles. The molecular weight excluding hydrogens is 703 g/mol. The van der Waals surface area contributed by atoms with Gasteiger partial charge < -0.3 is 41.2 Å². The summed E-state index contributed by atoms with van der Waals surface area (Å²) in [6, 6.07) is 3.71. The van der Waals surface area contributed by atoms with Crippen molar-refractivity contribution in [2.45, 2.75) is 73.0 Å². The molecule has 2 aromatic heterocycles. The number of nitrogen functional groups attached to an aromatic ring is 2. The van der Waals surface area contributed by atoms with Gasteiger partial charge in [0, 0.05) is 38.3 Å². The third-order valence-corrected chi connectivity index (χ3v) is 7.71. The summed E-state index contributed by atoms with van der Waals surface area (Å²) in [6.45, 7) is 14.5. The quantitative estimate of drug-likeness (QED) is 0.246. The van der Waals surface area contributed by atoms with Crippen molar-refractivity contribution in [3.8, 4) is 5.75 Å². The zero-order valence-electron chi connectivity index (χ0n) is 29.1. The van der Waals surface area contributed by atoms with Crippen LogP contribution in [0.1, 0.15) is 68.2 Å². The van der Waals surface area contributed by atoms with Crippen LogP contribution in [0.2, 0.25) is 5.15 Å². The smallest absolute Gasteiger partial charge is 0.490 e. The molecule has 16 nitrogen and oxygen atoms in total. The number of alkyl halides is 3. The number of imidazole rings is 1. The number of hydrogen-bond acceptors (Lipinski definition) is 10. The lowest BCUT2D eigenvalue weighted by atomic mass is 10.1. The summed E-state index contributed by atoms with van der Waals surface area (Å²) < 4.78 is 47.3. The van der Waals surface area contributed by atoms with Gasteiger partial charge in [-0.3, -0.25) is 9.59 Å². The van der Waals surface area contributed by atoms with Crippen LogP contribution in [0.25, 0.3) is 11.0 Å². The number of piperazine rings is 1. The van der Waals surface area contributed by atoms with Crippen LogP contribution in [-0.2, 0) is 29.2 Å². The Kier molecular flexibility index (Phi) is 12.9. The van der Waals surface area contributed by atoms with Gasteiger partial charge >= 0.3 is 18.2 Å². The molecule has 0 atom stereocenters. The zero-order chi connectivity index (χ0) is 38.4. The maximum absolute atomic E-state index is 13.9. The van der Waals surface area contributed by atoms with Gasteiger partial charge in [0.05, 0.1) is 25.3 Å². The number of carbonyl (C=O) groups is 4. The number of amides is 3. The molecule has 4 rings (SSSR count). The second kappa shape index (κ2) is 16.3. The molecule has 0 bridgehead atoms. The molecule has 0 radical (unpaired) electrons. The number of halogens is 4. The number of carboxylic acid groups (broad SMARTS) is 1. The zero-order valence-corrected chi connectivity index (χ0v) is 29.8. The van der Waals surface area contributed by atoms with E-state index in [1.807, 2.05) is 58.2 Å². The summed E-state index contributed by atoms with van der Waals surface area (Å²) >= 11 is 5.97. The minimum absolute atomic E-state index is 0.0592. The second-order valence-corrected chi connectivity index (χ2v) is 12.4. The van der Waals surface area contributed by atoms with E-state index in [9.17, 15) is 27.6 Å². The van der Waals surface area contributed by atoms with Crippen LogP contribution >= 0.6 is 11.6 Å². The van der Waals surface area contributed by atoms with Crippen molar-refractivity contribution in [3.05, 3.63) is 34.4 Å². The van der Waals surface area contributed by atoms with Crippen molar-refractivity contribution in [1.29, 1.82) is 0 Å². The lowest BCUT2D eigenvalue weighted by molar-refractivity contribution is -0.676. The number of anilines is 2. The fraction of sp³-hybridized carbons (Fsp3) is 0.516. The molecule has 0 spiro atoms. The van der Waals surface area contributed by atoms with Crippen LogP contribution in [0.4, 0.5) is 29.6 Å². The first-order valence-electron chi connectivity index (χ1n) is 15.9. The number of nitrogens with two attached hydrogens (primary N) is 2. The normalized spacial score (nSPS) is 13.4. The monoisotopic (exact) mass is 744 g/mol. The van der Waals surface area contributed by atoms with Gasteiger partial charge in [0.25, 0.3) is 17.6 Å². The van der Waals surface area contributed by atoms with Crippen LogP contribution < -0.4 is 26.1 Å². The maximum Gasteiger partial charge on any atom is 0.490 e. The molecule has 51 heavy (non-hydrogen) atoms. The van der Waals surface area contributed by atoms with E-state index in [1.165, 1.54) is 0 Å². The van der Waals surface area contributed by atoms with Crippen molar-refractivity contribution in [2.24, 2.45) is 0 Å². The van der Waals surface area contributed by atoms with Gasteiger partial charge in [-0.1, -0.05) is 11.6 Å². The van der Waals surface area contributed by atoms with E-state index >= 15 is 0 Å². The predicted octanol–water partition coefficient (Wildman–Crippen LogP) is 3.23. The maximum atomic E-state index is 13.9. The summed E-state index contributed by atoms with van der Waals surface area (Å²) in [4.78, 5) is 59.5. The van der Waals surface area contributed by atoms with E-state index in [2.05, 4.69) is 19.9 Å². The third-order valence-electron chi connectivity index (χ3n) is 7.43. The predicted molar refractivity (Wildman–Crippen MR) is 179 cm³/mol. The van der Waals surface area contributed by atoms with Gasteiger partial charge in [-0.2, -0.15) is 13.2 Å². The fourth-order valence-electron chi connectivity index (χ4n) is 5.19. The first-order chi connectivity index (χ1) is 23.7. The van der Waals surface area contributed by atoms with Gasteiger partial charge in [0.2, 0.25) is 0 Å². The van der Waals surface area contributed by atoms with Crippen LogP contribution in [0.5, 0.6) is 5.75 Å². The Morgan fingerprint density at radius 1 is 1.00 bits per heavy atom. The van der Waals surface area contributed by atoms with E-state index in [1.54, 1.807) is 9.80 Å². The molecule has 1 saturated heterocycles. The molecule has 1 aliphatic rings. The van der Waals surface area contributed by atoms with Crippen molar-refractivity contribution < 1.29 is 51.5 Å². The molecule has 0 unspecified atom stereocenters. The van der Waals surface area contributed by atoms with Gasteiger partial charge in [-0.05, 0) is 41.5 Å². The van der Waals surface area contributed by atoms with Gasteiger partial charge in [-0.15, -0.1) is 0 Å². The lowest BCUT2D eigenvalue weighted by Gasteiger charge is -2.35. The Balaban J connectivity index is 0.000000908. The summed E-state index contributed by atoms with van der Waals surface area (Å²) in [5, 5.41) is 9.87. The molecule has 0 saturated carbocycles. The van der Waals surface area contributed by atoms with Crippen LogP contribution in [0, 0.1) is 0 Å². The summed E-state index contributed by atoms with van der Waals surface area (Å²) in [5.41, 5.74) is 12.9. The summed E-state index contributed by atoms with van der Waals surface area (Å²) in [7, 11) is 0. The Labute approximate surface area is 296 Å². The summed E-state index contributed by atoms with van der Waals surface area (Å²) in [5.74, 6) is -2.42. The molecule has 3 aromatic rings. The molecule has 1 fully saturated rings. The number of nitrogens with one attached hydrogen (secondary N) is 1. The number of carboxylic acids is 1. The third kappa shape index (κ3) is 9.80. The van der Waals surface area contributed by atoms with Crippen molar-refractivity contribution in [3.63, 3.8) is 0 Å². The average molecular weight is 745 g/mol. The Morgan fingerprint density at radius 2 is 1.59 bits per heavy atom. The van der Waals surface area contributed by atoms with Gasteiger partial charge in [0.1, 0.15) is 17.9 Å². The molecule has 20 heteroatoms. The van der Waals surface area contributed by atoms with Crippen LogP contribution in [0.15, 0.2) is 12.1 Å². The van der Waals surface area contributed by atoms with Crippen molar-refractivity contribution in [1.82, 2.24) is 29.7 Å². The molecule has 3 heterocycles. The number of benzene rings is 1. The molecule has 0 aliphatic carbocycles. The highest BCUT2D eigenvalue weighted by molar-refractivity contribution is 6.31. The molecule has 1 aliphatic heterocycles. The first kappa shape index (κ1) is 40.4. The highest BCUT2D eigenvalue weighted by Crippen LogP contribution is 2.29. The highest BCUT2D eigenvalue weighted by atomic mass is 35.5. The number of rotatable bonds is 8. The number of aryl methyl sites for hydroxylation is 2. The lowest BCUT2D eigenvalue weighted by Crippen LogP contribution is -2.51. The number of carbonyl (C=O) groups excluding carboxylic acids is 3. The van der Waals surface area contributed by atoms with E-state index in [4.69, 9.17) is 42.4 Å². The largest absolute Gasteiger partial charge is 0.493 e. The average Bonchev–Trinajstić information content (AvgIpc) is 3.35. The second-order valence-electron chi connectivity index (χ2n) is 12.1. The minimum atomic E-state index is -5.08. The molecule has 280 valence electrons. The molecule has 3 amide bonds. The van der Waals surface area contributed by atoms with Gasteiger partial charge in [-0.25, -0.2) is 28.7 Å². The Morgan fingerprint density at radius 3 is 2.10 bits per heavy atom. The van der Waals surface area contributed by atoms with Crippen molar-refractivity contribution in [2.75, 3.05) is 44.3 Å². The van der Waals surface area contributed by atoms with Crippen LogP contribution in [-0.4, -0.2) is 97.9 Å². The van der Waals surface area contributed by atoms with E-state index in [0.29, 0.717) is 57.2 Å². The van der Waals surface area contributed by atoms with E-state index in [-0.39, 0.29) is 41.0 Å². The number of fused-ring (bicyclic) bond motifs is 1. The summed E-state index contributed by atoms with van der Waals surface area (Å²) in [6.07, 6.45) is -5.47. The topological polar surface area (TPSA) is 212 Å². The molecule has 6 N–H and O–H groups in total. The first-order valence-corrected chi connectivity index (χ1v) is 16.3. The number of aliphatic carboxylic acids is 1.